The molecule has 0 spiro atoms. The Morgan fingerprint density at radius 3 is 2.68 bits per heavy atom. The molecule has 3 nitrogen and oxygen atoms in total. The van der Waals surface area contributed by atoms with Gasteiger partial charge in [0.25, 0.3) is 5.91 Å². The van der Waals surface area contributed by atoms with E-state index in [1.807, 2.05) is 24.3 Å². The summed E-state index contributed by atoms with van der Waals surface area (Å²) in [6.07, 6.45) is 5.10. The lowest BCUT2D eigenvalue weighted by molar-refractivity contribution is -0.906. The molecule has 1 saturated carbocycles. The van der Waals surface area contributed by atoms with E-state index in [4.69, 9.17) is 0 Å². The standard InChI is InChI=1S/C15H21BrN2O/c1-18(2,14-8-3-4-9-14)11-15(19)17-13-7-5-6-12(16)10-13/h5-7,10,14H,3-4,8-9,11H2,1-2H3/p+1. The number of quaternary nitrogens is 1. The third kappa shape index (κ3) is 4.05. The summed E-state index contributed by atoms with van der Waals surface area (Å²) in [6.45, 7) is 0.539. The van der Waals surface area contributed by atoms with Crippen molar-refractivity contribution >= 4 is 27.5 Å². The zero-order valence-electron chi connectivity index (χ0n) is 11.7. The lowest BCUT2D eigenvalue weighted by atomic mass is 10.2. The summed E-state index contributed by atoms with van der Waals surface area (Å²) in [5, 5.41) is 2.98. The van der Waals surface area contributed by atoms with Crippen LogP contribution in [-0.2, 0) is 4.79 Å². The van der Waals surface area contributed by atoms with E-state index in [1.165, 1.54) is 25.7 Å². The Morgan fingerprint density at radius 1 is 1.37 bits per heavy atom. The molecule has 1 N–H and O–H groups in total. The van der Waals surface area contributed by atoms with Crippen LogP contribution in [0.3, 0.4) is 0 Å². The Balaban J connectivity index is 1.93. The van der Waals surface area contributed by atoms with E-state index in [0.29, 0.717) is 12.6 Å². The molecular formula is C15H22BrN2O+. The van der Waals surface area contributed by atoms with Gasteiger partial charge in [-0.1, -0.05) is 22.0 Å². The monoisotopic (exact) mass is 325 g/mol. The topological polar surface area (TPSA) is 29.1 Å². The average molecular weight is 326 g/mol. The van der Waals surface area contributed by atoms with Crippen molar-refractivity contribution in [3.63, 3.8) is 0 Å². The Hall–Kier alpha value is -0.870. The van der Waals surface area contributed by atoms with Crippen molar-refractivity contribution in [2.45, 2.75) is 31.7 Å². The van der Waals surface area contributed by atoms with Crippen molar-refractivity contribution in [2.75, 3.05) is 26.0 Å². The van der Waals surface area contributed by atoms with Crippen LogP contribution < -0.4 is 5.32 Å². The molecule has 1 aliphatic rings. The Kier molecular flexibility index (Phi) is 4.63. The highest BCUT2D eigenvalue weighted by Gasteiger charge is 2.32. The molecule has 4 heteroatoms. The molecule has 0 aliphatic heterocycles. The number of nitrogens with one attached hydrogen (secondary N) is 1. The minimum Gasteiger partial charge on any atom is -0.321 e. The summed E-state index contributed by atoms with van der Waals surface area (Å²) in [7, 11) is 4.33. The van der Waals surface area contributed by atoms with Crippen LogP contribution in [0, 0.1) is 0 Å². The van der Waals surface area contributed by atoms with E-state index >= 15 is 0 Å². The van der Waals surface area contributed by atoms with Gasteiger partial charge in [-0.3, -0.25) is 4.79 Å². The highest BCUT2D eigenvalue weighted by atomic mass is 79.9. The molecule has 19 heavy (non-hydrogen) atoms. The molecule has 1 aromatic rings. The largest absolute Gasteiger partial charge is 0.321 e. The van der Waals surface area contributed by atoms with E-state index in [9.17, 15) is 4.79 Å². The quantitative estimate of drug-likeness (QED) is 0.844. The number of likely N-dealkylation sites (N-methyl/N-ethyl adjacent to an activating group) is 1. The number of carbonyl (C=O) groups is 1. The van der Waals surface area contributed by atoms with E-state index in [2.05, 4.69) is 35.3 Å². The number of amides is 1. The third-order valence-corrected chi connectivity index (χ3v) is 4.47. The first kappa shape index (κ1) is 14.5. The first-order valence-corrected chi connectivity index (χ1v) is 7.65. The molecule has 1 aromatic carbocycles. The summed E-state index contributed by atoms with van der Waals surface area (Å²) < 4.78 is 1.77. The third-order valence-electron chi connectivity index (χ3n) is 3.97. The zero-order chi connectivity index (χ0) is 13.9. The molecule has 2 rings (SSSR count). The van der Waals surface area contributed by atoms with Gasteiger partial charge >= 0.3 is 0 Å². The molecule has 1 amide bonds. The second-order valence-electron chi connectivity index (χ2n) is 5.93. The predicted molar refractivity (Wildman–Crippen MR) is 82.0 cm³/mol. The van der Waals surface area contributed by atoms with E-state index in [0.717, 1.165) is 14.6 Å². The highest BCUT2D eigenvalue weighted by Crippen LogP contribution is 2.26. The Labute approximate surface area is 123 Å². The maximum Gasteiger partial charge on any atom is 0.279 e. The molecule has 0 aromatic heterocycles. The SMILES string of the molecule is C[N+](C)(CC(=O)Nc1cccc(Br)c1)C1CCCC1. The van der Waals surface area contributed by atoms with Crippen LogP contribution in [0.4, 0.5) is 5.69 Å². The second-order valence-corrected chi connectivity index (χ2v) is 6.85. The summed E-state index contributed by atoms with van der Waals surface area (Å²) in [5.74, 6) is 0.0926. The first-order chi connectivity index (χ1) is 8.97. The number of carbonyl (C=O) groups excluding carboxylic acids is 1. The van der Waals surface area contributed by atoms with Gasteiger partial charge in [-0.05, 0) is 43.9 Å². The van der Waals surface area contributed by atoms with Crippen LogP contribution in [0.25, 0.3) is 0 Å². The number of hydrogen-bond acceptors (Lipinski definition) is 1. The van der Waals surface area contributed by atoms with Crippen molar-refractivity contribution in [3.05, 3.63) is 28.7 Å². The van der Waals surface area contributed by atoms with Crippen molar-refractivity contribution in [1.82, 2.24) is 0 Å². The first-order valence-electron chi connectivity index (χ1n) is 6.85. The average Bonchev–Trinajstić information content (AvgIpc) is 2.81. The lowest BCUT2D eigenvalue weighted by Crippen LogP contribution is -2.51. The molecule has 1 aliphatic carbocycles. The maximum absolute atomic E-state index is 12.2. The lowest BCUT2D eigenvalue weighted by Gasteiger charge is -2.35. The minimum absolute atomic E-state index is 0.0926. The number of halogens is 1. The van der Waals surface area contributed by atoms with Crippen LogP contribution in [0.15, 0.2) is 28.7 Å². The number of hydrogen-bond donors (Lipinski definition) is 1. The van der Waals surface area contributed by atoms with Crippen LogP contribution in [-0.4, -0.2) is 37.1 Å². The molecule has 0 atom stereocenters. The normalized spacial score (nSPS) is 16.6. The molecule has 0 heterocycles. The van der Waals surface area contributed by atoms with Crippen molar-refractivity contribution in [3.8, 4) is 0 Å². The smallest absolute Gasteiger partial charge is 0.279 e. The maximum atomic E-state index is 12.2. The number of nitrogens with zero attached hydrogens (tertiary/aromatic N) is 1. The van der Waals surface area contributed by atoms with Crippen LogP contribution in [0.1, 0.15) is 25.7 Å². The Morgan fingerprint density at radius 2 is 2.05 bits per heavy atom. The number of rotatable bonds is 4. The van der Waals surface area contributed by atoms with Gasteiger partial charge in [0, 0.05) is 10.2 Å². The van der Waals surface area contributed by atoms with E-state index in [-0.39, 0.29) is 5.91 Å². The molecular weight excluding hydrogens is 304 g/mol. The van der Waals surface area contributed by atoms with Crippen molar-refractivity contribution in [1.29, 1.82) is 0 Å². The zero-order valence-corrected chi connectivity index (χ0v) is 13.2. The second kappa shape index (κ2) is 6.06. The molecule has 0 unspecified atom stereocenters. The molecule has 0 radical (unpaired) electrons. The van der Waals surface area contributed by atoms with Crippen molar-refractivity contribution in [2.24, 2.45) is 0 Å². The Bertz CT molecular complexity index is 453. The van der Waals surface area contributed by atoms with Crippen LogP contribution in [0.2, 0.25) is 0 Å². The summed E-state index contributed by atoms with van der Waals surface area (Å²) in [5.41, 5.74) is 0.853. The number of anilines is 1. The van der Waals surface area contributed by atoms with Gasteiger partial charge in [0.05, 0.1) is 20.1 Å². The predicted octanol–water partition coefficient (Wildman–Crippen LogP) is 3.41. The van der Waals surface area contributed by atoms with E-state index in [1.54, 1.807) is 0 Å². The summed E-state index contributed by atoms with van der Waals surface area (Å²) in [4.78, 5) is 12.2. The molecule has 0 bridgehead atoms. The van der Waals surface area contributed by atoms with Crippen LogP contribution >= 0.6 is 15.9 Å². The molecule has 1 fully saturated rings. The van der Waals surface area contributed by atoms with Gasteiger partial charge < -0.3 is 9.80 Å². The summed E-state index contributed by atoms with van der Waals surface area (Å²) >= 11 is 3.41. The van der Waals surface area contributed by atoms with Gasteiger partial charge in [-0.25, -0.2) is 0 Å². The molecule has 104 valence electrons. The van der Waals surface area contributed by atoms with Crippen molar-refractivity contribution < 1.29 is 9.28 Å². The van der Waals surface area contributed by atoms with Gasteiger partial charge in [0.2, 0.25) is 0 Å². The highest BCUT2D eigenvalue weighted by molar-refractivity contribution is 9.10. The van der Waals surface area contributed by atoms with Gasteiger partial charge in [-0.2, -0.15) is 0 Å². The van der Waals surface area contributed by atoms with Gasteiger partial charge in [0.15, 0.2) is 6.54 Å². The van der Waals surface area contributed by atoms with Gasteiger partial charge in [-0.15, -0.1) is 0 Å². The molecule has 0 saturated heterocycles. The minimum atomic E-state index is 0.0926. The van der Waals surface area contributed by atoms with Gasteiger partial charge in [0.1, 0.15) is 0 Å². The van der Waals surface area contributed by atoms with E-state index < -0.39 is 0 Å². The summed E-state index contributed by atoms with van der Waals surface area (Å²) in [6, 6.07) is 8.35. The fraction of sp³-hybridized carbons (Fsp3) is 0.533. The fourth-order valence-corrected chi connectivity index (χ4v) is 3.27. The fourth-order valence-electron chi connectivity index (χ4n) is 2.87. The van der Waals surface area contributed by atoms with Crippen LogP contribution in [0.5, 0.6) is 0 Å². The number of benzene rings is 1.